The van der Waals surface area contributed by atoms with Crippen LogP contribution in [0.4, 0.5) is 0 Å². The standard InChI is InChI=1S/C12H20N4O3S2/c1-7(2)10-14-12(16-15-10)20-8(3)11(17)13-9-4-5-21(18,19)6-9/h7-9H,4-6H2,1-3H3,(H,13,17)(H,14,15,16). The minimum absolute atomic E-state index is 0.0360. The number of H-pyrrole nitrogens is 1. The van der Waals surface area contributed by atoms with Gasteiger partial charge in [0.2, 0.25) is 11.1 Å². The molecule has 1 aliphatic heterocycles. The maximum atomic E-state index is 12.1. The monoisotopic (exact) mass is 332 g/mol. The van der Waals surface area contributed by atoms with E-state index in [1.807, 2.05) is 13.8 Å². The highest BCUT2D eigenvalue weighted by Gasteiger charge is 2.30. The van der Waals surface area contributed by atoms with Crippen molar-refractivity contribution in [2.24, 2.45) is 0 Å². The summed E-state index contributed by atoms with van der Waals surface area (Å²) in [6.07, 6.45) is 0.490. The number of amides is 1. The van der Waals surface area contributed by atoms with Crippen LogP contribution < -0.4 is 5.32 Å². The summed E-state index contributed by atoms with van der Waals surface area (Å²) in [6.45, 7) is 5.77. The normalized spacial score (nSPS) is 22.4. The second-order valence-corrected chi connectivity index (χ2v) is 9.06. The van der Waals surface area contributed by atoms with Crippen molar-refractivity contribution in [3.05, 3.63) is 5.82 Å². The number of thioether (sulfide) groups is 1. The lowest BCUT2D eigenvalue weighted by Gasteiger charge is -2.14. The third kappa shape index (κ3) is 4.44. The SMILES string of the molecule is CC(Sc1n[nH]c(C(C)C)n1)C(=O)NC1CCS(=O)(=O)C1. The van der Waals surface area contributed by atoms with Gasteiger partial charge in [0.25, 0.3) is 0 Å². The van der Waals surface area contributed by atoms with E-state index in [9.17, 15) is 13.2 Å². The van der Waals surface area contributed by atoms with Gasteiger partial charge < -0.3 is 5.32 Å². The van der Waals surface area contributed by atoms with Crippen LogP contribution in [-0.2, 0) is 14.6 Å². The van der Waals surface area contributed by atoms with Gasteiger partial charge in [0.15, 0.2) is 9.84 Å². The smallest absolute Gasteiger partial charge is 0.233 e. The number of hydrogen-bond donors (Lipinski definition) is 2. The number of rotatable bonds is 5. The number of nitrogens with zero attached hydrogens (tertiary/aromatic N) is 2. The van der Waals surface area contributed by atoms with E-state index in [4.69, 9.17) is 0 Å². The van der Waals surface area contributed by atoms with Crippen LogP contribution in [0, 0.1) is 0 Å². The van der Waals surface area contributed by atoms with Gasteiger partial charge in [0.1, 0.15) is 5.82 Å². The van der Waals surface area contributed by atoms with Crippen LogP contribution in [0.15, 0.2) is 5.16 Å². The van der Waals surface area contributed by atoms with E-state index in [-0.39, 0.29) is 34.6 Å². The minimum atomic E-state index is -2.98. The van der Waals surface area contributed by atoms with E-state index in [0.29, 0.717) is 11.6 Å². The maximum absolute atomic E-state index is 12.1. The Morgan fingerprint density at radius 2 is 2.14 bits per heavy atom. The second-order valence-electron chi connectivity index (χ2n) is 5.53. The number of carbonyl (C=O) groups is 1. The van der Waals surface area contributed by atoms with Crippen molar-refractivity contribution in [1.29, 1.82) is 0 Å². The van der Waals surface area contributed by atoms with Crippen molar-refractivity contribution in [2.75, 3.05) is 11.5 Å². The predicted molar refractivity (Wildman–Crippen MR) is 81.0 cm³/mol. The van der Waals surface area contributed by atoms with Crippen molar-refractivity contribution in [2.45, 2.75) is 49.6 Å². The summed E-state index contributed by atoms with van der Waals surface area (Å²) >= 11 is 1.26. The summed E-state index contributed by atoms with van der Waals surface area (Å²) in [6, 6.07) is -0.274. The van der Waals surface area contributed by atoms with Crippen LogP contribution >= 0.6 is 11.8 Å². The van der Waals surface area contributed by atoms with Gasteiger partial charge in [-0.3, -0.25) is 9.89 Å². The first kappa shape index (κ1) is 16.3. The minimum Gasteiger partial charge on any atom is -0.351 e. The molecule has 2 atom stereocenters. The molecule has 1 fully saturated rings. The molecular weight excluding hydrogens is 312 g/mol. The molecule has 0 bridgehead atoms. The van der Waals surface area contributed by atoms with E-state index in [1.54, 1.807) is 6.92 Å². The average molecular weight is 332 g/mol. The zero-order chi connectivity index (χ0) is 15.6. The highest BCUT2D eigenvalue weighted by atomic mass is 32.2. The third-order valence-electron chi connectivity index (χ3n) is 3.26. The third-order valence-corrected chi connectivity index (χ3v) is 5.99. The molecular formula is C12H20N4O3S2. The van der Waals surface area contributed by atoms with Gasteiger partial charge in [-0.15, -0.1) is 5.10 Å². The zero-order valence-electron chi connectivity index (χ0n) is 12.3. The van der Waals surface area contributed by atoms with Crippen LogP contribution in [0.3, 0.4) is 0 Å². The summed E-state index contributed by atoms with van der Waals surface area (Å²) in [4.78, 5) is 16.4. The lowest BCUT2D eigenvalue weighted by atomic mass is 10.2. The van der Waals surface area contributed by atoms with Crippen molar-refractivity contribution in [3.8, 4) is 0 Å². The molecule has 2 rings (SSSR count). The summed E-state index contributed by atoms with van der Waals surface area (Å²) < 4.78 is 22.7. The highest BCUT2D eigenvalue weighted by molar-refractivity contribution is 8.00. The van der Waals surface area contributed by atoms with E-state index in [0.717, 1.165) is 5.82 Å². The fourth-order valence-corrected chi connectivity index (χ4v) is 4.42. The first-order valence-corrected chi connectivity index (χ1v) is 9.56. The Morgan fingerprint density at radius 3 is 2.67 bits per heavy atom. The zero-order valence-corrected chi connectivity index (χ0v) is 13.9. The molecule has 0 aromatic carbocycles. The van der Waals surface area contributed by atoms with Gasteiger partial charge in [-0.2, -0.15) is 0 Å². The number of aromatic amines is 1. The Balaban J connectivity index is 1.87. The second kappa shape index (κ2) is 6.35. The molecule has 21 heavy (non-hydrogen) atoms. The molecule has 7 nitrogen and oxygen atoms in total. The van der Waals surface area contributed by atoms with Crippen molar-refractivity contribution in [3.63, 3.8) is 0 Å². The Morgan fingerprint density at radius 1 is 1.43 bits per heavy atom. The predicted octanol–water partition coefficient (Wildman–Crippen LogP) is 0.712. The van der Waals surface area contributed by atoms with Gasteiger partial charge in [-0.25, -0.2) is 13.4 Å². The largest absolute Gasteiger partial charge is 0.351 e. The van der Waals surface area contributed by atoms with Crippen LogP contribution in [0.25, 0.3) is 0 Å². The number of carbonyl (C=O) groups excluding carboxylic acids is 1. The molecule has 0 aliphatic carbocycles. The molecule has 1 aromatic heterocycles. The molecule has 0 spiro atoms. The van der Waals surface area contributed by atoms with Crippen LogP contribution in [0.2, 0.25) is 0 Å². The molecule has 0 saturated carbocycles. The van der Waals surface area contributed by atoms with E-state index in [2.05, 4.69) is 20.5 Å². The van der Waals surface area contributed by atoms with E-state index >= 15 is 0 Å². The molecule has 9 heteroatoms. The lowest BCUT2D eigenvalue weighted by Crippen LogP contribution is -2.39. The van der Waals surface area contributed by atoms with Crippen LogP contribution in [-0.4, -0.2) is 52.3 Å². The molecule has 2 heterocycles. The topological polar surface area (TPSA) is 105 Å². The Hall–Kier alpha value is -1.09. The first-order chi connectivity index (χ1) is 9.77. The molecule has 2 unspecified atom stereocenters. The average Bonchev–Trinajstić information content (AvgIpc) is 2.96. The Bertz CT molecular complexity index is 612. The number of hydrogen-bond acceptors (Lipinski definition) is 6. The Labute approximate surface area is 128 Å². The van der Waals surface area contributed by atoms with Crippen molar-refractivity contribution >= 4 is 27.5 Å². The van der Waals surface area contributed by atoms with E-state index in [1.165, 1.54) is 11.8 Å². The summed E-state index contributed by atoms with van der Waals surface area (Å²) in [7, 11) is -2.98. The van der Waals surface area contributed by atoms with Gasteiger partial charge >= 0.3 is 0 Å². The number of aromatic nitrogens is 3. The quantitative estimate of drug-likeness (QED) is 0.770. The van der Waals surface area contributed by atoms with Gasteiger partial charge in [0, 0.05) is 12.0 Å². The fourth-order valence-electron chi connectivity index (χ4n) is 2.01. The number of nitrogens with one attached hydrogen (secondary N) is 2. The van der Waals surface area contributed by atoms with Crippen molar-refractivity contribution < 1.29 is 13.2 Å². The van der Waals surface area contributed by atoms with Gasteiger partial charge in [-0.1, -0.05) is 25.6 Å². The van der Waals surface area contributed by atoms with Gasteiger partial charge in [-0.05, 0) is 13.3 Å². The molecule has 1 saturated heterocycles. The molecule has 2 N–H and O–H groups in total. The molecule has 1 amide bonds. The van der Waals surface area contributed by atoms with Crippen LogP contribution in [0.5, 0.6) is 0 Å². The first-order valence-electron chi connectivity index (χ1n) is 6.86. The van der Waals surface area contributed by atoms with Crippen molar-refractivity contribution in [1.82, 2.24) is 20.5 Å². The maximum Gasteiger partial charge on any atom is 0.233 e. The van der Waals surface area contributed by atoms with Gasteiger partial charge in [0.05, 0.1) is 16.8 Å². The highest BCUT2D eigenvalue weighted by Crippen LogP contribution is 2.21. The summed E-state index contributed by atoms with van der Waals surface area (Å²) in [5, 5.41) is 9.84. The fraction of sp³-hybridized carbons (Fsp3) is 0.750. The molecule has 1 aliphatic rings. The number of sulfone groups is 1. The molecule has 118 valence electrons. The summed E-state index contributed by atoms with van der Waals surface area (Å²) in [5.74, 6) is 1.04. The van der Waals surface area contributed by atoms with Crippen LogP contribution in [0.1, 0.15) is 38.9 Å². The Kier molecular flexibility index (Phi) is 4.92. The lowest BCUT2D eigenvalue weighted by molar-refractivity contribution is -0.120. The molecule has 1 aromatic rings. The molecule has 0 radical (unpaired) electrons. The van der Waals surface area contributed by atoms with E-state index < -0.39 is 9.84 Å². The summed E-state index contributed by atoms with van der Waals surface area (Å²) in [5.41, 5.74) is 0.